The lowest BCUT2D eigenvalue weighted by Crippen LogP contribution is -2.16. The van der Waals surface area contributed by atoms with Gasteiger partial charge in [-0.05, 0) is 30.3 Å². The van der Waals surface area contributed by atoms with E-state index in [9.17, 15) is 9.59 Å². The standard InChI is InChI=1S/C14H8BrN3O3/c15-9-5-4-8(7-16)12(6-9)18-13(19)10-2-1-3-11(17-10)14(20)21/h1-6H,(H,18,19)(H,20,21). The quantitative estimate of drug-likeness (QED) is 0.889. The van der Waals surface area contributed by atoms with Crippen molar-refractivity contribution in [1.29, 1.82) is 5.26 Å². The van der Waals surface area contributed by atoms with Gasteiger partial charge >= 0.3 is 5.97 Å². The van der Waals surface area contributed by atoms with E-state index in [1.165, 1.54) is 18.2 Å². The summed E-state index contributed by atoms with van der Waals surface area (Å²) in [6.45, 7) is 0. The number of nitrogens with one attached hydrogen (secondary N) is 1. The van der Waals surface area contributed by atoms with Crippen LogP contribution in [0.4, 0.5) is 5.69 Å². The fraction of sp³-hybridized carbons (Fsp3) is 0. The van der Waals surface area contributed by atoms with Gasteiger partial charge in [0.1, 0.15) is 17.5 Å². The number of hydrogen-bond acceptors (Lipinski definition) is 4. The molecule has 2 N–H and O–H groups in total. The van der Waals surface area contributed by atoms with Crippen LogP contribution in [0.25, 0.3) is 0 Å². The molecule has 0 aliphatic rings. The summed E-state index contributed by atoms with van der Waals surface area (Å²) in [5, 5.41) is 20.4. The third-order valence-corrected chi connectivity index (χ3v) is 3.04. The molecule has 1 heterocycles. The topological polar surface area (TPSA) is 103 Å². The highest BCUT2D eigenvalue weighted by Gasteiger charge is 2.13. The number of amides is 1. The Bertz CT molecular complexity index is 768. The molecule has 7 heteroatoms. The Kier molecular flexibility index (Phi) is 4.30. The average Bonchev–Trinajstić information content (AvgIpc) is 2.47. The molecule has 2 aromatic rings. The second-order valence-corrected chi connectivity index (χ2v) is 4.88. The molecule has 0 saturated heterocycles. The van der Waals surface area contributed by atoms with Crippen LogP contribution in [0.3, 0.4) is 0 Å². The van der Waals surface area contributed by atoms with Crippen LogP contribution in [0.1, 0.15) is 26.5 Å². The zero-order valence-corrected chi connectivity index (χ0v) is 12.1. The minimum Gasteiger partial charge on any atom is -0.477 e. The first-order chi connectivity index (χ1) is 10.0. The maximum absolute atomic E-state index is 12.1. The molecule has 1 amide bonds. The average molecular weight is 346 g/mol. The number of pyridine rings is 1. The van der Waals surface area contributed by atoms with Crippen molar-refractivity contribution in [1.82, 2.24) is 4.98 Å². The van der Waals surface area contributed by atoms with Gasteiger partial charge in [0.25, 0.3) is 5.91 Å². The zero-order valence-electron chi connectivity index (χ0n) is 10.5. The predicted molar refractivity (Wildman–Crippen MR) is 78.0 cm³/mol. The Hall–Kier alpha value is -2.72. The lowest BCUT2D eigenvalue weighted by atomic mass is 10.2. The van der Waals surface area contributed by atoms with Crippen molar-refractivity contribution in [3.05, 3.63) is 57.8 Å². The van der Waals surface area contributed by atoms with Gasteiger partial charge in [0.2, 0.25) is 0 Å². The summed E-state index contributed by atoms with van der Waals surface area (Å²) < 4.78 is 0.698. The number of carboxylic acids is 1. The number of hydrogen-bond donors (Lipinski definition) is 2. The van der Waals surface area contributed by atoms with Crippen molar-refractivity contribution in [3.8, 4) is 6.07 Å². The van der Waals surface area contributed by atoms with E-state index in [-0.39, 0.29) is 11.4 Å². The summed E-state index contributed by atoms with van der Waals surface area (Å²) in [6, 6.07) is 10.9. The second kappa shape index (κ2) is 6.15. The number of aromatic nitrogens is 1. The summed E-state index contributed by atoms with van der Waals surface area (Å²) in [7, 11) is 0. The first kappa shape index (κ1) is 14.7. The van der Waals surface area contributed by atoms with Gasteiger partial charge in [0.15, 0.2) is 0 Å². The highest BCUT2D eigenvalue weighted by atomic mass is 79.9. The number of carboxylic acid groups (broad SMARTS) is 1. The van der Waals surface area contributed by atoms with Crippen molar-refractivity contribution in [2.45, 2.75) is 0 Å². The molecule has 0 fully saturated rings. The fourth-order valence-corrected chi connectivity index (χ4v) is 1.95. The monoisotopic (exact) mass is 345 g/mol. The molecular formula is C14H8BrN3O3. The van der Waals surface area contributed by atoms with Crippen LogP contribution in [0, 0.1) is 11.3 Å². The molecule has 0 atom stereocenters. The van der Waals surface area contributed by atoms with Crippen molar-refractivity contribution in [2.75, 3.05) is 5.32 Å². The molecule has 0 bridgehead atoms. The van der Waals surface area contributed by atoms with E-state index in [0.29, 0.717) is 15.7 Å². The van der Waals surface area contributed by atoms with E-state index in [4.69, 9.17) is 10.4 Å². The van der Waals surface area contributed by atoms with E-state index >= 15 is 0 Å². The molecule has 0 spiro atoms. The molecule has 1 aromatic carbocycles. The number of carbonyl (C=O) groups excluding carboxylic acids is 1. The first-order valence-corrected chi connectivity index (χ1v) is 6.52. The van der Waals surface area contributed by atoms with Gasteiger partial charge in [-0.1, -0.05) is 22.0 Å². The largest absolute Gasteiger partial charge is 0.477 e. The Balaban J connectivity index is 2.30. The molecule has 1 aromatic heterocycles. The summed E-state index contributed by atoms with van der Waals surface area (Å²) in [4.78, 5) is 26.7. The molecular weight excluding hydrogens is 338 g/mol. The Morgan fingerprint density at radius 2 is 1.95 bits per heavy atom. The minimum absolute atomic E-state index is 0.0428. The number of nitrogens with zero attached hydrogens (tertiary/aromatic N) is 2. The second-order valence-electron chi connectivity index (χ2n) is 3.97. The lowest BCUT2D eigenvalue weighted by Gasteiger charge is -2.07. The number of rotatable bonds is 3. The van der Waals surface area contributed by atoms with Crippen molar-refractivity contribution >= 4 is 33.5 Å². The smallest absolute Gasteiger partial charge is 0.354 e. The summed E-state index contributed by atoms with van der Waals surface area (Å²) in [5.74, 6) is -1.81. The molecule has 0 radical (unpaired) electrons. The first-order valence-electron chi connectivity index (χ1n) is 5.72. The van der Waals surface area contributed by atoms with Gasteiger partial charge in [-0.3, -0.25) is 4.79 Å². The molecule has 104 valence electrons. The van der Waals surface area contributed by atoms with Gasteiger partial charge in [-0.2, -0.15) is 5.26 Å². The van der Waals surface area contributed by atoms with Gasteiger partial charge in [0.05, 0.1) is 11.3 Å². The van der Waals surface area contributed by atoms with E-state index in [2.05, 4.69) is 26.2 Å². The summed E-state index contributed by atoms with van der Waals surface area (Å²) in [6.07, 6.45) is 0. The van der Waals surface area contributed by atoms with E-state index < -0.39 is 11.9 Å². The molecule has 6 nitrogen and oxygen atoms in total. The lowest BCUT2D eigenvalue weighted by molar-refractivity contribution is 0.0690. The Labute approximate surface area is 128 Å². The highest BCUT2D eigenvalue weighted by Crippen LogP contribution is 2.21. The molecule has 0 aliphatic heterocycles. The predicted octanol–water partition coefficient (Wildman–Crippen LogP) is 2.67. The van der Waals surface area contributed by atoms with Gasteiger partial charge in [-0.15, -0.1) is 0 Å². The molecule has 0 saturated carbocycles. The molecule has 21 heavy (non-hydrogen) atoms. The van der Waals surface area contributed by atoms with Crippen LogP contribution in [0.5, 0.6) is 0 Å². The van der Waals surface area contributed by atoms with Crippen molar-refractivity contribution < 1.29 is 14.7 Å². The van der Waals surface area contributed by atoms with Crippen LogP contribution in [0.2, 0.25) is 0 Å². The van der Waals surface area contributed by atoms with Gasteiger partial charge in [0, 0.05) is 4.47 Å². The molecule has 2 rings (SSSR count). The van der Waals surface area contributed by atoms with Crippen molar-refractivity contribution in [2.24, 2.45) is 0 Å². The number of benzene rings is 1. The maximum atomic E-state index is 12.1. The zero-order chi connectivity index (χ0) is 15.4. The molecule has 0 aliphatic carbocycles. The number of anilines is 1. The maximum Gasteiger partial charge on any atom is 0.354 e. The number of halogens is 1. The normalized spacial score (nSPS) is 9.71. The van der Waals surface area contributed by atoms with Gasteiger partial charge < -0.3 is 10.4 Å². The van der Waals surface area contributed by atoms with E-state index in [1.807, 2.05) is 6.07 Å². The highest BCUT2D eigenvalue weighted by molar-refractivity contribution is 9.10. The Morgan fingerprint density at radius 3 is 2.62 bits per heavy atom. The summed E-state index contributed by atoms with van der Waals surface area (Å²) >= 11 is 3.25. The third-order valence-electron chi connectivity index (χ3n) is 2.55. The van der Waals surface area contributed by atoms with Crippen LogP contribution in [-0.2, 0) is 0 Å². The van der Waals surface area contributed by atoms with Crippen molar-refractivity contribution in [3.63, 3.8) is 0 Å². The van der Waals surface area contributed by atoms with E-state index in [1.54, 1.807) is 18.2 Å². The fourth-order valence-electron chi connectivity index (χ4n) is 1.58. The SMILES string of the molecule is N#Cc1ccc(Br)cc1NC(=O)c1cccc(C(=O)O)n1. The Morgan fingerprint density at radius 1 is 1.24 bits per heavy atom. The van der Waals surface area contributed by atoms with Crippen LogP contribution in [-0.4, -0.2) is 22.0 Å². The number of aromatic carboxylic acids is 1. The third kappa shape index (κ3) is 3.43. The number of nitriles is 1. The summed E-state index contributed by atoms with van der Waals surface area (Å²) in [5.41, 5.74) is 0.344. The van der Waals surface area contributed by atoms with Crippen LogP contribution in [0.15, 0.2) is 40.9 Å². The van der Waals surface area contributed by atoms with Crippen LogP contribution < -0.4 is 5.32 Å². The molecule has 0 unspecified atom stereocenters. The van der Waals surface area contributed by atoms with E-state index in [0.717, 1.165) is 0 Å². The van der Waals surface area contributed by atoms with Gasteiger partial charge in [-0.25, -0.2) is 9.78 Å². The van der Waals surface area contributed by atoms with Crippen LogP contribution >= 0.6 is 15.9 Å². The number of carbonyl (C=O) groups is 2. The minimum atomic E-state index is -1.22.